The highest BCUT2D eigenvalue weighted by atomic mass is 19.4. The molecule has 4 rings (SSSR count). The maximum Gasteiger partial charge on any atom is 0.416 e. The Bertz CT molecular complexity index is 1260. The minimum absolute atomic E-state index is 0.0984. The van der Waals surface area contributed by atoms with Crippen LogP contribution < -0.4 is 16.0 Å². The molecule has 1 heterocycles. The van der Waals surface area contributed by atoms with Crippen LogP contribution in [0, 0.1) is 6.92 Å². The van der Waals surface area contributed by atoms with Crippen molar-refractivity contribution in [3.8, 4) is 0 Å². The average Bonchev–Trinajstić information content (AvgIpc) is 3.39. The third-order valence-electron chi connectivity index (χ3n) is 7.98. The lowest BCUT2D eigenvalue weighted by Gasteiger charge is -2.40. The molecule has 0 spiro atoms. The molecule has 216 valence electrons. The number of alkyl halides is 3. The summed E-state index contributed by atoms with van der Waals surface area (Å²) < 4.78 is 38.7. The third kappa shape index (κ3) is 6.82. The molecule has 1 saturated carbocycles. The Hall–Kier alpha value is -3.44. The first-order chi connectivity index (χ1) is 18.9. The zero-order valence-electron chi connectivity index (χ0n) is 22.6. The normalized spacial score (nSPS) is 23.4. The van der Waals surface area contributed by atoms with Gasteiger partial charge in [0.1, 0.15) is 0 Å². The number of hydrogen-bond acceptors (Lipinski definition) is 5. The van der Waals surface area contributed by atoms with Gasteiger partial charge in [-0.1, -0.05) is 18.2 Å². The van der Waals surface area contributed by atoms with Gasteiger partial charge in [0.2, 0.25) is 5.91 Å². The van der Waals surface area contributed by atoms with Gasteiger partial charge in [-0.15, -0.1) is 0 Å². The van der Waals surface area contributed by atoms with Crippen LogP contribution in [0.15, 0.2) is 42.5 Å². The van der Waals surface area contributed by atoms with Gasteiger partial charge in [-0.3, -0.25) is 19.3 Å². The zero-order valence-corrected chi connectivity index (χ0v) is 22.6. The van der Waals surface area contributed by atoms with E-state index < -0.39 is 29.2 Å². The number of benzene rings is 2. The number of likely N-dealkylation sites (tertiary alicyclic amines) is 1. The molecule has 2 aliphatic rings. The Morgan fingerprint density at radius 3 is 2.42 bits per heavy atom. The molecule has 2 aromatic carbocycles. The van der Waals surface area contributed by atoms with Crippen LogP contribution >= 0.6 is 0 Å². The number of hydrogen-bond donors (Lipinski definition) is 4. The van der Waals surface area contributed by atoms with E-state index in [1.807, 2.05) is 19.1 Å². The summed E-state index contributed by atoms with van der Waals surface area (Å²) >= 11 is 0. The molecule has 2 fully saturated rings. The van der Waals surface area contributed by atoms with Crippen LogP contribution in [-0.4, -0.2) is 66.5 Å². The van der Waals surface area contributed by atoms with Crippen LogP contribution in [-0.2, 0) is 16.6 Å². The molecule has 3 amide bonds. The van der Waals surface area contributed by atoms with E-state index in [9.17, 15) is 32.7 Å². The lowest BCUT2D eigenvalue weighted by Crippen LogP contribution is -2.45. The average molecular weight is 561 g/mol. The van der Waals surface area contributed by atoms with Crippen molar-refractivity contribution in [2.75, 3.05) is 26.7 Å². The van der Waals surface area contributed by atoms with Gasteiger partial charge in [-0.2, -0.15) is 13.2 Å². The van der Waals surface area contributed by atoms with Crippen molar-refractivity contribution in [1.29, 1.82) is 0 Å². The van der Waals surface area contributed by atoms with Crippen molar-refractivity contribution in [3.63, 3.8) is 0 Å². The number of carbonyl (C=O) groups excluding carboxylic acids is 3. The maximum absolute atomic E-state index is 12.9. The quantitative estimate of drug-likeness (QED) is 0.416. The second-order valence-corrected chi connectivity index (χ2v) is 10.7. The molecule has 11 heteroatoms. The number of aryl methyl sites for hydroxylation is 1. The summed E-state index contributed by atoms with van der Waals surface area (Å²) in [6.07, 6.45) is -1.05. The molecule has 0 bridgehead atoms. The number of rotatable bonds is 7. The van der Waals surface area contributed by atoms with Crippen molar-refractivity contribution < 1.29 is 32.7 Å². The van der Waals surface area contributed by atoms with Crippen LogP contribution in [0.2, 0.25) is 0 Å². The van der Waals surface area contributed by atoms with Gasteiger partial charge in [0.25, 0.3) is 11.8 Å². The molecule has 0 radical (unpaired) electrons. The van der Waals surface area contributed by atoms with E-state index in [1.54, 1.807) is 13.1 Å². The minimum Gasteiger partial charge on any atom is -0.385 e. The SMILES string of the molecule is CNC(=O)c1ccc(C2(O)CCC(N3CCC(NC(=O)CNC(=O)c4cccc(C(F)(F)F)c4)C3)CC2)cc1C. The van der Waals surface area contributed by atoms with Crippen molar-refractivity contribution in [2.45, 2.75) is 62.9 Å². The van der Waals surface area contributed by atoms with Crippen molar-refractivity contribution in [1.82, 2.24) is 20.9 Å². The Balaban J connectivity index is 1.23. The molecule has 1 atom stereocenters. The van der Waals surface area contributed by atoms with Crippen molar-refractivity contribution in [3.05, 3.63) is 70.3 Å². The molecular weight excluding hydrogens is 525 g/mol. The van der Waals surface area contributed by atoms with Crippen LogP contribution in [0.4, 0.5) is 13.2 Å². The van der Waals surface area contributed by atoms with Gasteiger partial charge in [0, 0.05) is 43.3 Å². The number of amides is 3. The second-order valence-electron chi connectivity index (χ2n) is 10.7. The summed E-state index contributed by atoms with van der Waals surface area (Å²) in [7, 11) is 1.58. The predicted octanol–water partition coefficient (Wildman–Crippen LogP) is 3.12. The summed E-state index contributed by atoms with van der Waals surface area (Å²) in [5.74, 6) is -1.31. The van der Waals surface area contributed by atoms with Gasteiger partial charge < -0.3 is 21.1 Å². The number of halogens is 3. The summed E-state index contributed by atoms with van der Waals surface area (Å²) in [5, 5.41) is 19.3. The lowest BCUT2D eigenvalue weighted by molar-refractivity contribution is -0.137. The Morgan fingerprint density at radius 2 is 1.77 bits per heavy atom. The molecule has 40 heavy (non-hydrogen) atoms. The fourth-order valence-corrected chi connectivity index (χ4v) is 5.69. The number of carbonyl (C=O) groups is 3. The largest absolute Gasteiger partial charge is 0.416 e. The van der Waals surface area contributed by atoms with Gasteiger partial charge in [-0.25, -0.2) is 0 Å². The van der Waals surface area contributed by atoms with Gasteiger partial charge >= 0.3 is 6.18 Å². The number of aliphatic hydroxyl groups is 1. The number of nitrogens with zero attached hydrogens (tertiary/aromatic N) is 1. The Morgan fingerprint density at radius 1 is 1.05 bits per heavy atom. The molecule has 1 saturated heterocycles. The first-order valence-corrected chi connectivity index (χ1v) is 13.4. The van der Waals surface area contributed by atoms with Gasteiger partial charge in [-0.05, 0) is 74.4 Å². The standard InChI is InChI=1S/C29H35F3N4O4/c1-18-14-20(6-7-24(18)27(39)33-2)28(40)11-8-23(9-12-28)36-13-10-22(17-36)35-25(37)16-34-26(38)19-4-3-5-21(15-19)29(30,31)32/h3-7,14-15,22-23,40H,8-13,16-17H2,1-2H3,(H,33,39)(H,34,38)(H,35,37). The van der Waals surface area contributed by atoms with Gasteiger partial charge in [0.05, 0.1) is 17.7 Å². The monoisotopic (exact) mass is 560 g/mol. The summed E-state index contributed by atoms with van der Waals surface area (Å²) in [4.78, 5) is 39.0. The topological polar surface area (TPSA) is 111 Å². The Kier molecular flexibility index (Phi) is 8.84. The molecule has 1 unspecified atom stereocenters. The highest BCUT2D eigenvalue weighted by molar-refractivity contribution is 5.96. The molecule has 4 N–H and O–H groups in total. The predicted molar refractivity (Wildman–Crippen MR) is 143 cm³/mol. The molecule has 1 aliphatic carbocycles. The highest BCUT2D eigenvalue weighted by Crippen LogP contribution is 2.40. The summed E-state index contributed by atoms with van der Waals surface area (Å²) in [6, 6.07) is 9.70. The Labute approximate surface area is 231 Å². The van der Waals surface area contributed by atoms with E-state index in [1.165, 1.54) is 6.07 Å². The smallest absolute Gasteiger partial charge is 0.385 e. The van der Waals surface area contributed by atoms with E-state index in [0.29, 0.717) is 24.9 Å². The van der Waals surface area contributed by atoms with Crippen molar-refractivity contribution in [2.24, 2.45) is 0 Å². The molecular formula is C29H35F3N4O4. The maximum atomic E-state index is 12.9. The fourth-order valence-electron chi connectivity index (χ4n) is 5.69. The van der Waals surface area contributed by atoms with Crippen LogP contribution in [0.5, 0.6) is 0 Å². The first-order valence-electron chi connectivity index (χ1n) is 13.4. The molecule has 2 aromatic rings. The van der Waals surface area contributed by atoms with Crippen LogP contribution in [0.3, 0.4) is 0 Å². The van der Waals surface area contributed by atoms with Crippen molar-refractivity contribution >= 4 is 17.7 Å². The zero-order chi connectivity index (χ0) is 29.1. The molecule has 8 nitrogen and oxygen atoms in total. The van der Waals surface area contributed by atoms with E-state index in [2.05, 4.69) is 20.9 Å². The van der Waals surface area contributed by atoms with E-state index in [-0.39, 0.29) is 30.1 Å². The lowest BCUT2D eigenvalue weighted by atomic mass is 9.76. The van der Waals surface area contributed by atoms with E-state index in [0.717, 1.165) is 55.1 Å². The van der Waals surface area contributed by atoms with Gasteiger partial charge in [0.15, 0.2) is 0 Å². The third-order valence-corrected chi connectivity index (χ3v) is 7.98. The highest BCUT2D eigenvalue weighted by Gasteiger charge is 2.39. The fraction of sp³-hybridized carbons (Fsp3) is 0.483. The van der Waals surface area contributed by atoms with Crippen LogP contribution in [0.1, 0.15) is 69.5 Å². The summed E-state index contributed by atoms with van der Waals surface area (Å²) in [5.41, 5.74) is 0.179. The molecule has 1 aliphatic heterocycles. The summed E-state index contributed by atoms with van der Waals surface area (Å²) in [6.45, 7) is 2.97. The van der Waals surface area contributed by atoms with Crippen LogP contribution in [0.25, 0.3) is 0 Å². The second kappa shape index (κ2) is 12.0. The van der Waals surface area contributed by atoms with E-state index in [4.69, 9.17) is 0 Å². The van der Waals surface area contributed by atoms with E-state index >= 15 is 0 Å². The first kappa shape index (κ1) is 29.5. The molecule has 0 aromatic heterocycles. The minimum atomic E-state index is -4.56. The number of nitrogens with one attached hydrogen (secondary N) is 3.